The average Bonchev–Trinajstić information content (AvgIpc) is 2.91. The summed E-state index contributed by atoms with van der Waals surface area (Å²) in [6, 6.07) is 4.94. The molecular formula is C30H50N4O4. The SMILES string of the molecule is OC1CCN(Cc2cc(CN3CCC(O)CC3)c(CN3CCC(O)CC3)cc2CN2CCC(O)CC2)CC1. The molecule has 0 atom stereocenters. The second-order valence-corrected chi connectivity index (χ2v) is 12.4. The van der Waals surface area contributed by atoms with Crippen molar-refractivity contribution in [1.29, 1.82) is 0 Å². The van der Waals surface area contributed by atoms with Crippen molar-refractivity contribution in [2.45, 2.75) is 102 Å². The molecule has 8 nitrogen and oxygen atoms in total. The topological polar surface area (TPSA) is 93.9 Å². The fourth-order valence-corrected chi connectivity index (χ4v) is 6.65. The summed E-state index contributed by atoms with van der Waals surface area (Å²) < 4.78 is 0. The highest BCUT2D eigenvalue weighted by Crippen LogP contribution is 2.27. The number of aliphatic hydroxyl groups is 4. The van der Waals surface area contributed by atoms with E-state index in [0.717, 1.165) is 130 Å². The molecule has 0 bridgehead atoms. The summed E-state index contributed by atoms with van der Waals surface area (Å²) in [7, 11) is 0. The monoisotopic (exact) mass is 530 g/mol. The Bertz CT molecular complexity index is 731. The van der Waals surface area contributed by atoms with Crippen molar-refractivity contribution in [1.82, 2.24) is 19.6 Å². The highest BCUT2D eigenvalue weighted by Gasteiger charge is 2.25. The van der Waals surface area contributed by atoms with Crippen LogP contribution in [0.4, 0.5) is 0 Å². The van der Waals surface area contributed by atoms with Crippen molar-refractivity contribution >= 4 is 0 Å². The lowest BCUT2D eigenvalue weighted by molar-refractivity contribution is 0.0743. The van der Waals surface area contributed by atoms with Gasteiger partial charge in [0.25, 0.3) is 0 Å². The summed E-state index contributed by atoms with van der Waals surface area (Å²) in [6.07, 6.45) is 6.12. The molecule has 0 aliphatic carbocycles. The normalized spacial score (nSPS) is 25.4. The van der Waals surface area contributed by atoms with Gasteiger partial charge in [0.2, 0.25) is 0 Å². The van der Waals surface area contributed by atoms with Crippen molar-refractivity contribution < 1.29 is 20.4 Å². The minimum Gasteiger partial charge on any atom is -0.393 e. The van der Waals surface area contributed by atoms with Gasteiger partial charge in [-0.1, -0.05) is 12.1 Å². The molecule has 8 heteroatoms. The zero-order valence-electron chi connectivity index (χ0n) is 23.2. The molecule has 0 spiro atoms. The first-order valence-corrected chi connectivity index (χ1v) is 15.2. The number of benzene rings is 1. The van der Waals surface area contributed by atoms with Crippen molar-refractivity contribution in [2.24, 2.45) is 0 Å². The number of aliphatic hydroxyl groups excluding tert-OH is 4. The largest absolute Gasteiger partial charge is 0.393 e. The minimum atomic E-state index is -0.166. The molecule has 4 aliphatic heterocycles. The lowest BCUT2D eigenvalue weighted by Crippen LogP contribution is -2.38. The van der Waals surface area contributed by atoms with E-state index in [2.05, 4.69) is 31.7 Å². The second kappa shape index (κ2) is 13.5. The van der Waals surface area contributed by atoms with E-state index in [-0.39, 0.29) is 24.4 Å². The molecule has 0 aromatic heterocycles. The van der Waals surface area contributed by atoms with Gasteiger partial charge >= 0.3 is 0 Å². The summed E-state index contributed by atoms with van der Waals surface area (Å²) in [4.78, 5) is 9.99. The molecule has 4 aliphatic rings. The van der Waals surface area contributed by atoms with Crippen LogP contribution in [0.25, 0.3) is 0 Å². The summed E-state index contributed by atoms with van der Waals surface area (Å²) in [5.41, 5.74) is 5.60. The first-order chi connectivity index (χ1) is 18.4. The molecule has 0 unspecified atom stereocenters. The highest BCUT2D eigenvalue weighted by molar-refractivity contribution is 5.39. The number of likely N-dealkylation sites (tertiary alicyclic amines) is 4. The fourth-order valence-electron chi connectivity index (χ4n) is 6.65. The lowest BCUT2D eigenvalue weighted by atomic mass is 9.94. The van der Waals surface area contributed by atoms with Gasteiger partial charge in [0.1, 0.15) is 0 Å². The Labute approximate surface area is 228 Å². The molecule has 4 fully saturated rings. The Morgan fingerprint density at radius 1 is 0.395 bits per heavy atom. The molecule has 5 rings (SSSR count). The van der Waals surface area contributed by atoms with Crippen LogP contribution in [0.3, 0.4) is 0 Å². The van der Waals surface area contributed by atoms with E-state index in [1.165, 1.54) is 22.3 Å². The van der Waals surface area contributed by atoms with Crippen LogP contribution in [0.15, 0.2) is 12.1 Å². The Hall–Kier alpha value is -1.10. The Morgan fingerprint density at radius 3 is 0.763 bits per heavy atom. The van der Waals surface area contributed by atoms with Crippen LogP contribution in [0.1, 0.15) is 73.6 Å². The molecule has 4 heterocycles. The van der Waals surface area contributed by atoms with Crippen LogP contribution in [-0.2, 0) is 26.2 Å². The molecule has 38 heavy (non-hydrogen) atoms. The molecule has 0 saturated carbocycles. The predicted octanol–water partition coefficient (Wildman–Crippen LogP) is 1.51. The van der Waals surface area contributed by atoms with Gasteiger partial charge in [-0.3, -0.25) is 19.6 Å². The summed E-state index contributed by atoms with van der Waals surface area (Å²) in [6.45, 7) is 11.2. The smallest absolute Gasteiger partial charge is 0.0564 e. The van der Waals surface area contributed by atoms with E-state index in [0.29, 0.717) is 0 Å². The number of nitrogens with zero attached hydrogens (tertiary/aromatic N) is 4. The third-order valence-electron chi connectivity index (χ3n) is 9.33. The van der Waals surface area contributed by atoms with Gasteiger partial charge in [-0.15, -0.1) is 0 Å². The molecule has 1 aromatic rings. The van der Waals surface area contributed by atoms with Crippen LogP contribution < -0.4 is 0 Å². The quantitative estimate of drug-likeness (QED) is 0.402. The van der Waals surface area contributed by atoms with E-state index < -0.39 is 0 Å². The summed E-state index contributed by atoms with van der Waals surface area (Å²) >= 11 is 0. The zero-order valence-corrected chi connectivity index (χ0v) is 23.2. The van der Waals surface area contributed by atoms with Gasteiger partial charge in [-0.2, -0.15) is 0 Å². The Balaban J connectivity index is 1.40. The van der Waals surface area contributed by atoms with Crippen molar-refractivity contribution in [3.05, 3.63) is 34.4 Å². The first-order valence-electron chi connectivity index (χ1n) is 15.2. The summed E-state index contributed by atoms with van der Waals surface area (Å²) in [5.74, 6) is 0. The number of piperidine rings is 4. The van der Waals surface area contributed by atoms with Crippen LogP contribution >= 0.6 is 0 Å². The maximum Gasteiger partial charge on any atom is 0.0564 e. The highest BCUT2D eigenvalue weighted by atomic mass is 16.3. The molecule has 4 saturated heterocycles. The zero-order chi connectivity index (χ0) is 26.5. The predicted molar refractivity (Wildman–Crippen MR) is 149 cm³/mol. The van der Waals surface area contributed by atoms with Gasteiger partial charge < -0.3 is 20.4 Å². The van der Waals surface area contributed by atoms with Crippen LogP contribution in [-0.4, -0.2) is 117 Å². The van der Waals surface area contributed by atoms with E-state index in [4.69, 9.17) is 0 Å². The van der Waals surface area contributed by atoms with Gasteiger partial charge in [-0.25, -0.2) is 0 Å². The van der Waals surface area contributed by atoms with E-state index >= 15 is 0 Å². The Morgan fingerprint density at radius 2 is 0.579 bits per heavy atom. The molecular weight excluding hydrogens is 480 g/mol. The molecule has 4 N–H and O–H groups in total. The van der Waals surface area contributed by atoms with Crippen molar-refractivity contribution in [3.8, 4) is 0 Å². The van der Waals surface area contributed by atoms with E-state index in [1.807, 2.05) is 0 Å². The number of hydrogen-bond acceptors (Lipinski definition) is 8. The minimum absolute atomic E-state index is 0.166. The number of rotatable bonds is 8. The van der Waals surface area contributed by atoms with Crippen LogP contribution in [0, 0.1) is 0 Å². The molecule has 0 amide bonds. The van der Waals surface area contributed by atoms with Crippen LogP contribution in [0.2, 0.25) is 0 Å². The van der Waals surface area contributed by atoms with Crippen molar-refractivity contribution in [2.75, 3.05) is 52.4 Å². The van der Waals surface area contributed by atoms with E-state index in [1.54, 1.807) is 0 Å². The maximum absolute atomic E-state index is 10.0. The third kappa shape index (κ3) is 7.98. The first kappa shape index (κ1) is 28.4. The molecule has 1 aromatic carbocycles. The molecule has 0 radical (unpaired) electrons. The van der Waals surface area contributed by atoms with E-state index in [9.17, 15) is 20.4 Å². The van der Waals surface area contributed by atoms with Gasteiger partial charge in [0.05, 0.1) is 24.4 Å². The third-order valence-corrected chi connectivity index (χ3v) is 9.33. The lowest BCUT2D eigenvalue weighted by Gasteiger charge is -2.35. The van der Waals surface area contributed by atoms with Crippen LogP contribution in [0.5, 0.6) is 0 Å². The van der Waals surface area contributed by atoms with Gasteiger partial charge in [-0.05, 0) is 73.6 Å². The number of hydrogen-bond donors (Lipinski definition) is 4. The average molecular weight is 531 g/mol. The fraction of sp³-hybridized carbons (Fsp3) is 0.800. The maximum atomic E-state index is 10.0. The van der Waals surface area contributed by atoms with Gasteiger partial charge in [0, 0.05) is 78.5 Å². The molecule has 214 valence electrons. The van der Waals surface area contributed by atoms with Gasteiger partial charge in [0.15, 0.2) is 0 Å². The Kier molecular flexibility index (Phi) is 10.1. The van der Waals surface area contributed by atoms with Crippen molar-refractivity contribution in [3.63, 3.8) is 0 Å². The summed E-state index contributed by atoms with van der Waals surface area (Å²) in [5, 5.41) is 40.2. The standard InChI is InChI=1S/C30H50N4O4/c35-27-1-9-31(10-2-27)19-23-17-25(21-33-13-5-29(37)6-14-33)26(22-34-15-7-30(38)8-16-34)18-24(23)20-32-11-3-28(36)4-12-32/h17-18,27-30,35-38H,1-16,19-22H2. The second-order valence-electron chi connectivity index (χ2n) is 12.4.